The van der Waals surface area contributed by atoms with Crippen LogP contribution in [0.4, 0.5) is 0 Å². The largest absolute Gasteiger partial charge is 0.469 e. The summed E-state index contributed by atoms with van der Waals surface area (Å²) in [4.78, 5) is 0. The van der Waals surface area contributed by atoms with Gasteiger partial charge in [0.25, 0.3) is 0 Å². The number of aromatic nitrogens is 2. The molecule has 0 radical (unpaired) electrons. The van der Waals surface area contributed by atoms with Crippen molar-refractivity contribution in [1.29, 1.82) is 0 Å². The van der Waals surface area contributed by atoms with E-state index in [2.05, 4.69) is 71.8 Å². The van der Waals surface area contributed by atoms with E-state index < -0.39 is 0 Å². The lowest BCUT2D eigenvalue weighted by atomic mass is 10.1. The third kappa shape index (κ3) is 1.67. The van der Waals surface area contributed by atoms with E-state index in [1.165, 1.54) is 10.8 Å². The van der Waals surface area contributed by atoms with Gasteiger partial charge in [-0.15, -0.1) is 0 Å². The Morgan fingerprint density at radius 1 is 0.957 bits per heavy atom. The van der Waals surface area contributed by atoms with E-state index in [-0.39, 0.29) is 0 Å². The molecule has 3 nitrogen and oxygen atoms in total. The molecule has 0 aliphatic carbocycles. The fraction of sp³-hybridized carbons (Fsp3) is 0.150. The fourth-order valence-corrected chi connectivity index (χ4v) is 3.37. The maximum atomic E-state index is 6.20. The average Bonchev–Trinajstić information content (AvgIpc) is 2.95. The van der Waals surface area contributed by atoms with Gasteiger partial charge >= 0.3 is 0 Å². The Morgan fingerprint density at radius 3 is 2.52 bits per heavy atom. The summed E-state index contributed by atoms with van der Waals surface area (Å²) >= 11 is 0. The number of benzene rings is 3. The molecule has 0 saturated carbocycles. The number of ether oxygens (including phenoxy) is 1. The molecule has 5 rings (SSSR count). The van der Waals surface area contributed by atoms with Gasteiger partial charge in [-0.3, -0.25) is 0 Å². The summed E-state index contributed by atoms with van der Waals surface area (Å²) < 4.78 is 10.5. The Morgan fingerprint density at radius 2 is 1.74 bits per heavy atom. The molecule has 1 aliphatic rings. The van der Waals surface area contributed by atoms with Crippen molar-refractivity contribution >= 4 is 21.8 Å². The van der Waals surface area contributed by atoms with Crippen LogP contribution in [0.1, 0.15) is 19.9 Å². The third-order valence-corrected chi connectivity index (χ3v) is 4.47. The van der Waals surface area contributed by atoms with Crippen LogP contribution in [0.3, 0.4) is 0 Å². The molecule has 0 saturated heterocycles. The number of fused-ring (bicyclic) bond motifs is 3. The molecule has 0 amide bonds. The molecular formula is C20H16N2O. The van der Waals surface area contributed by atoms with Gasteiger partial charge in [0.2, 0.25) is 6.33 Å². The molecule has 3 aromatic carbocycles. The van der Waals surface area contributed by atoms with Gasteiger partial charge in [0.05, 0.1) is 22.8 Å². The molecule has 3 heteroatoms. The van der Waals surface area contributed by atoms with Gasteiger partial charge in [-0.25, -0.2) is 0 Å². The van der Waals surface area contributed by atoms with Gasteiger partial charge in [-0.2, -0.15) is 0 Å². The minimum atomic E-state index is 0.344. The SMILES string of the molecule is CC(C)n1[c-][n+]2c3c(cccc31)Oc1cc3ccccc3cc1-2. The molecule has 112 valence electrons. The number of hydrogen-bond acceptors (Lipinski definition) is 1. The first kappa shape index (κ1) is 12.7. The zero-order valence-corrected chi connectivity index (χ0v) is 13.1. The van der Waals surface area contributed by atoms with Crippen LogP contribution in [0, 0.1) is 6.33 Å². The summed E-state index contributed by atoms with van der Waals surface area (Å²) in [6.45, 7) is 4.35. The average molecular weight is 300 g/mol. The van der Waals surface area contributed by atoms with Crippen LogP contribution in [0.15, 0.2) is 54.6 Å². The van der Waals surface area contributed by atoms with Crippen molar-refractivity contribution in [1.82, 2.24) is 4.57 Å². The Labute approximate surface area is 134 Å². The predicted octanol–water partition coefficient (Wildman–Crippen LogP) is 4.56. The highest BCUT2D eigenvalue weighted by molar-refractivity contribution is 5.88. The maximum Gasteiger partial charge on any atom is 0.244 e. The molecule has 4 aromatic rings. The lowest BCUT2D eigenvalue weighted by molar-refractivity contribution is -0.575. The van der Waals surface area contributed by atoms with Gasteiger partial charge in [-0.05, 0) is 42.8 Å². The summed E-state index contributed by atoms with van der Waals surface area (Å²) in [7, 11) is 0. The second-order valence-electron chi connectivity index (χ2n) is 6.29. The zero-order valence-electron chi connectivity index (χ0n) is 13.1. The maximum absolute atomic E-state index is 6.20. The van der Waals surface area contributed by atoms with Crippen LogP contribution in [0.25, 0.3) is 27.5 Å². The van der Waals surface area contributed by atoms with Crippen molar-refractivity contribution in [2.24, 2.45) is 0 Å². The van der Waals surface area contributed by atoms with Crippen molar-refractivity contribution < 1.29 is 9.30 Å². The monoisotopic (exact) mass is 300 g/mol. The molecule has 23 heavy (non-hydrogen) atoms. The number of imidazole rings is 1. The highest BCUT2D eigenvalue weighted by atomic mass is 16.5. The summed E-state index contributed by atoms with van der Waals surface area (Å²) in [5, 5.41) is 2.39. The number of hydrogen-bond donors (Lipinski definition) is 0. The van der Waals surface area contributed by atoms with E-state index >= 15 is 0 Å². The van der Waals surface area contributed by atoms with Crippen molar-refractivity contribution in [3.8, 4) is 17.2 Å². The number of nitrogens with zero attached hydrogens (tertiary/aromatic N) is 2. The van der Waals surface area contributed by atoms with Crippen LogP contribution < -0.4 is 9.30 Å². The zero-order chi connectivity index (χ0) is 15.6. The smallest absolute Gasteiger partial charge is 0.244 e. The molecule has 0 N–H and O–H groups in total. The Kier molecular flexibility index (Phi) is 2.41. The molecule has 0 unspecified atom stereocenters. The number of para-hydroxylation sites is 1. The quantitative estimate of drug-likeness (QED) is 0.328. The number of rotatable bonds is 1. The normalized spacial score (nSPS) is 12.7. The lowest BCUT2D eigenvalue weighted by Crippen LogP contribution is -2.32. The predicted molar refractivity (Wildman–Crippen MR) is 90.3 cm³/mol. The molecule has 0 atom stereocenters. The Bertz CT molecular complexity index is 1080. The lowest BCUT2D eigenvalue weighted by Gasteiger charge is -2.21. The van der Waals surface area contributed by atoms with Crippen LogP contribution in [-0.2, 0) is 0 Å². The van der Waals surface area contributed by atoms with E-state index in [0.717, 1.165) is 28.2 Å². The van der Waals surface area contributed by atoms with Gasteiger partial charge < -0.3 is 13.9 Å². The second kappa shape index (κ2) is 4.35. The molecule has 1 aromatic heterocycles. The van der Waals surface area contributed by atoms with Crippen molar-refractivity contribution in [3.05, 3.63) is 60.9 Å². The van der Waals surface area contributed by atoms with Gasteiger partial charge in [-0.1, -0.05) is 36.4 Å². The molecule has 0 bridgehead atoms. The van der Waals surface area contributed by atoms with E-state index in [9.17, 15) is 0 Å². The van der Waals surface area contributed by atoms with Crippen LogP contribution >= 0.6 is 0 Å². The standard InChI is InChI=1S/C20H16N2O/c1-13(2)21-12-22-17-10-14-6-3-4-7-15(14)11-19(17)23-18-9-5-8-16(21)20(18)22/h3-11,13H,1-2H3. The van der Waals surface area contributed by atoms with E-state index in [1.54, 1.807) is 0 Å². The fourth-order valence-electron chi connectivity index (χ4n) is 3.37. The minimum Gasteiger partial charge on any atom is -0.469 e. The van der Waals surface area contributed by atoms with Crippen LogP contribution in [0.2, 0.25) is 0 Å². The molecule has 0 fully saturated rings. The summed E-state index contributed by atoms with van der Waals surface area (Å²) in [5.74, 6) is 1.77. The van der Waals surface area contributed by atoms with Crippen LogP contribution in [0.5, 0.6) is 11.5 Å². The molecule has 0 spiro atoms. The van der Waals surface area contributed by atoms with E-state index in [0.29, 0.717) is 6.04 Å². The Balaban J connectivity index is 1.91. The van der Waals surface area contributed by atoms with Gasteiger partial charge in [0.1, 0.15) is 11.5 Å². The summed E-state index contributed by atoms with van der Waals surface area (Å²) in [6, 6.07) is 19.2. The summed E-state index contributed by atoms with van der Waals surface area (Å²) in [6.07, 6.45) is 3.51. The topological polar surface area (TPSA) is 18.0 Å². The van der Waals surface area contributed by atoms with Crippen LogP contribution in [-0.4, -0.2) is 4.57 Å². The minimum absolute atomic E-state index is 0.344. The highest BCUT2D eigenvalue weighted by Gasteiger charge is 2.22. The van der Waals surface area contributed by atoms with E-state index in [4.69, 9.17) is 4.74 Å². The van der Waals surface area contributed by atoms with Gasteiger partial charge in [0, 0.05) is 0 Å². The van der Waals surface area contributed by atoms with Gasteiger partial charge in [0.15, 0.2) is 0 Å². The third-order valence-electron chi connectivity index (χ3n) is 4.47. The van der Waals surface area contributed by atoms with Crippen molar-refractivity contribution in [2.45, 2.75) is 19.9 Å². The highest BCUT2D eigenvalue weighted by Crippen LogP contribution is 2.38. The first-order valence-electron chi connectivity index (χ1n) is 7.92. The van der Waals surface area contributed by atoms with Crippen molar-refractivity contribution in [3.63, 3.8) is 0 Å². The Hall–Kier alpha value is -2.81. The first-order chi connectivity index (χ1) is 11.2. The van der Waals surface area contributed by atoms with E-state index in [1.807, 2.05) is 12.1 Å². The first-order valence-corrected chi connectivity index (χ1v) is 7.92. The van der Waals surface area contributed by atoms with Crippen molar-refractivity contribution in [2.75, 3.05) is 0 Å². The molecule has 1 aliphatic heterocycles. The molecule has 2 heterocycles. The summed E-state index contributed by atoms with van der Waals surface area (Å²) in [5.41, 5.74) is 3.28. The second-order valence-corrected chi connectivity index (χ2v) is 6.29. The molecular weight excluding hydrogens is 284 g/mol.